The number of hydrogen-bond acceptors (Lipinski definition) is 3. The van der Waals surface area contributed by atoms with E-state index in [1.54, 1.807) is 49.6 Å². The van der Waals surface area contributed by atoms with Gasteiger partial charge in [-0.1, -0.05) is 18.2 Å². The first-order chi connectivity index (χ1) is 9.22. The summed E-state index contributed by atoms with van der Waals surface area (Å²) < 4.78 is 6.64. The highest BCUT2D eigenvalue weighted by Gasteiger charge is 2.13. The number of ether oxygens (including phenoxy) is 1. The number of hydrogen-bond donors (Lipinski definition) is 2. The number of phenolic OH excluding ortho intramolecular Hbond substituents is 1. The third-order valence-corrected chi connectivity index (χ3v) is 3.02. The van der Waals surface area contributed by atoms with E-state index in [9.17, 15) is 9.90 Å². The predicted octanol–water partition coefficient (Wildman–Crippen LogP) is 2.03. The molecule has 0 fully saturated rings. The number of para-hydroxylation sites is 3. The molecule has 19 heavy (non-hydrogen) atoms. The highest BCUT2D eigenvalue weighted by Crippen LogP contribution is 2.27. The number of methoxy groups -OCH3 is 1. The van der Waals surface area contributed by atoms with Gasteiger partial charge in [0.2, 0.25) is 0 Å². The molecular formula is C14H12N2O3. The fourth-order valence-electron chi connectivity index (χ4n) is 2.17. The minimum absolute atomic E-state index is 0.0494. The van der Waals surface area contributed by atoms with Gasteiger partial charge < -0.3 is 14.8 Å². The van der Waals surface area contributed by atoms with Crippen molar-refractivity contribution in [3.8, 4) is 17.2 Å². The van der Waals surface area contributed by atoms with Crippen LogP contribution in [0.3, 0.4) is 0 Å². The Bertz CT molecular complexity index is 802. The van der Waals surface area contributed by atoms with Gasteiger partial charge in [-0.15, -0.1) is 0 Å². The molecule has 96 valence electrons. The van der Waals surface area contributed by atoms with Crippen LogP contribution in [0.1, 0.15) is 0 Å². The van der Waals surface area contributed by atoms with Gasteiger partial charge >= 0.3 is 5.69 Å². The highest BCUT2D eigenvalue weighted by molar-refractivity contribution is 5.83. The van der Waals surface area contributed by atoms with E-state index in [2.05, 4.69) is 4.98 Å². The van der Waals surface area contributed by atoms with Gasteiger partial charge in [0.05, 0.1) is 18.3 Å². The number of fused-ring (bicyclic) bond motifs is 1. The number of aromatic hydroxyl groups is 1. The fraction of sp³-hybridized carbons (Fsp3) is 0.0714. The van der Waals surface area contributed by atoms with Crippen molar-refractivity contribution < 1.29 is 9.84 Å². The number of benzene rings is 2. The van der Waals surface area contributed by atoms with Crippen LogP contribution in [-0.4, -0.2) is 21.8 Å². The van der Waals surface area contributed by atoms with Crippen LogP contribution in [0.15, 0.2) is 47.3 Å². The molecule has 5 heteroatoms. The molecule has 3 rings (SSSR count). The van der Waals surface area contributed by atoms with E-state index in [1.807, 2.05) is 0 Å². The van der Waals surface area contributed by atoms with Crippen molar-refractivity contribution in [2.24, 2.45) is 0 Å². The van der Waals surface area contributed by atoms with Gasteiger partial charge in [0.15, 0.2) is 0 Å². The Morgan fingerprint density at radius 1 is 1.16 bits per heavy atom. The van der Waals surface area contributed by atoms with Crippen LogP contribution in [0.5, 0.6) is 11.5 Å². The van der Waals surface area contributed by atoms with Crippen LogP contribution < -0.4 is 10.4 Å². The quantitative estimate of drug-likeness (QED) is 0.737. The average Bonchev–Trinajstić information content (AvgIpc) is 2.75. The third-order valence-electron chi connectivity index (χ3n) is 3.02. The SMILES string of the molecule is COc1cccc2c1[nH]c(=O)n2-c1ccccc1O. The number of nitrogens with one attached hydrogen (secondary N) is 1. The van der Waals surface area contributed by atoms with Crippen LogP contribution in [0, 0.1) is 0 Å². The summed E-state index contributed by atoms with van der Waals surface area (Å²) in [5.41, 5.74) is 1.39. The van der Waals surface area contributed by atoms with Gasteiger partial charge in [-0.2, -0.15) is 0 Å². The molecule has 3 aromatic rings. The molecule has 2 N–H and O–H groups in total. The summed E-state index contributed by atoms with van der Waals surface area (Å²) >= 11 is 0. The second kappa shape index (κ2) is 4.20. The molecule has 0 aliphatic heterocycles. The molecule has 0 unspecified atom stereocenters. The second-order valence-corrected chi connectivity index (χ2v) is 4.11. The van der Waals surface area contributed by atoms with Crippen LogP contribution in [0.2, 0.25) is 0 Å². The van der Waals surface area contributed by atoms with Gasteiger partial charge in [-0.05, 0) is 24.3 Å². The zero-order chi connectivity index (χ0) is 13.4. The van der Waals surface area contributed by atoms with E-state index >= 15 is 0 Å². The molecule has 0 spiro atoms. The van der Waals surface area contributed by atoms with Crippen LogP contribution in [0.25, 0.3) is 16.7 Å². The van der Waals surface area contributed by atoms with Crippen molar-refractivity contribution in [2.75, 3.05) is 7.11 Å². The maximum Gasteiger partial charge on any atom is 0.331 e. The van der Waals surface area contributed by atoms with E-state index in [4.69, 9.17) is 4.74 Å². The summed E-state index contributed by atoms with van der Waals surface area (Å²) in [5, 5.41) is 9.89. The largest absolute Gasteiger partial charge is 0.506 e. The summed E-state index contributed by atoms with van der Waals surface area (Å²) in [6.45, 7) is 0. The minimum Gasteiger partial charge on any atom is -0.506 e. The fourth-order valence-corrected chi connectivity index (χ4v) is 2.17. The standard InChI is InChI=1S/C14H12N2O3/c1-19-12-8-4-6-10-13(12)15-14(18)16(10)9-5-2-3-7-11(9)17/h2-8,17H,1H3,(H,15,18). The molecule has 0 radical (unpaired) electrons. The second-order valence-electron chi connectivity index (χ2n) is 4.11. The van der Waals surface area contributed by atoms with Gasteiger partial charge in [-0.3, -0.25) is 4.57 Å². The Hall–Kier alpha value is -2.69. The molecule has 0 saturated carbocycles. The third kappa shape index (κ3) is 1.67. The Kier molecular flexibility index (Phi) is 2.52. The number of H-pyrrole nitrogens is 1. The summed E-state index contributed by atoms with van der Waals surface area (Å²) in [5.74, 6) is 0.636. The Labute approximate surface area is 108 Å². The summed E-state index contributed by atoms with van der Waals surface area (Å²) in [7, 11) is 1.55. The topological polar surface area (TPSA) is 67.2 Å². The van der Waals surface area contributed by atoms with Gasteiger partial charge in [0.1, 0.15) is 17.0 Å². The number of nitrogens with zero attached hydrogens (tertiary/aromatic N) is 1. The summed E-state index contributed by atoms with van der Waals surface area (Å²) in [6, 6.07) is 12.1. The highest BCUT2D eigenvalue weighted by atomic mass is 16.5. The number of rotatable bonds is 2. The first-order valence-corrected chi connectivity index (χ1v) is 5.78. The smallest absolute Gasteiger partial charge is 0.331 e. The molecule has 0 aliphatic carbocycles. The van der Waals surface area contributed by atoms with Crippen molar-refractivity contribution in [2.45, 2.75) is 0 Å². The van der Waals surface area contributed by atoms with Gasteiger partial charge in [-0.25, -0.2) is 4.79 Å². The Morgan fingerprint density at radius 2 is 1.95 bits per heavy atom. The van der Waals surface area contributed by atoms with E-state index < -0.39 is 0 Å². The predicted molar refractivity (Wildman–Crippen MR) is 72.1 cm³/mol. The molecule has 0 amide bonds. The molecule has 1 aromatic heterocycles. The van der Waals surface area contributed by atoms with Crippen LogP contribution in [0.4, 0.5) is 0 Å². The Morgan fingerprint density at radius 3 is 2.68 bits per heavy atom. The zero-order valence-electron chi connectivity index (χ0n) is 10.3. The lowest BCUT2D eigenvalue weighted by atomic mass is 10.2. The monoisotopic (exact) mass is 256 g/mol. The number of aromatic nitrogens is 2. The van der Waals surface area contributed by atoms with Crippen molar-refractivity contribution >= 4 is 11.0 Å². The molecule has 0 saturated heterocycles. The average molecular weight is 256 g/mol. The van der Waals surface area contributed by atoms with E-state index in [0.29, 0.717) is 22.5 Å². The maximum atomic E-state index is 12.1. The zero-order valence-corrected chi connectivity index (χ0v) is 10.3. The lowest BCUT2D eigenvalue weighted by Gasteiger charge is -2.06. The first-order valence-electron chi connectivity index (χ1n) is 5.78. The van der Waals surface area contributed by atoms with Crippen LogP contribution >= 0.6 is 0 Å². The van der Waals surface area contributed by atoms with Crippen molar-refractivity contribution in [1.29, 1.82) is 0 Å². The molecule has 1 heterocycles. The number of phenols is 1. The normalized spacial score (nSPS) is 10.8. The summed E-state index contributed by atoms with van der Waals surface area (Å²) in [6.07, 6.45) is 0. The first kappa shape index (κ1) is 11.4. The van der Waals surface area contributed by atoms with E-state index in [0.717, 1.165) is 0 Å². The minimum atomic E-state index is -0.319. The van der Waals surface area contributed by atoms with E-state index in [1.165, 1.54) is 4.57 Å². The van der Waals surface area contributed by atoms with Gasteiger partial charge in [0.25, 0.3) is 0 Å². The van der Waals surface area contributed by atoms with Crippen molar-refractivity contribution in [1.82, 2.24) is 9.55 Å². The molecule has 0 bridgehead atoms. The van der Waals surface area contributed by atoms with Crippen LogP contribution in [-0.2, 0) is 0 Å². The molecule has 0 aliphatic rings. The molecule has 0 atom stereocenters. The van der Waals surface area contributed by atoms with Crippen molar-refractivity contribution in [3.05, 3.63) is 52.9 Å². The lowest BCUT2D eigenvalue weighted by molar-refractivity contribution is 0.419. The number of imidazole rings is 1. The van der Waals surface area contributed by atoms with E-state index in [-0.39, 0.29) is 11.4 Å². The number of aromatic amines is 1. The summed E-state index contributed by atoms with van der Waals surface area (Å²) in [4.78, 5) is 14.8. The van der Waals surface area contributed by atoms with Crippen molar-refractivity contribution in [3.63, 3.8) is 0 Å². The molecule has 2 aromatic carbocycles. The maximum absolute atomic E-state index is 12.1. The lowest BCUT2D eigenvalue weighted by Crippen LogP contribution is -2.14. The Balaban J connectivity index is 2.40. The molecular weight excluding hydrogens is 244 g/mol. The molecule has 5 nitrogen and oxygen atoms in total. The van der Waals surface area contributed by atoms with Gasteiger partial charge in [0, 0.05) is 0 Å².